The summed E-state index contributed by atoms with van der Waals surface area (Å²) in [7, 11) is 0. The van der Waals surface area contributed by atoms with Crippen molar-refractivity contribution in [2.75, 3.05) is 6.54 Å². The summed E-state index contributed by atoms with van der Waals surface area (Å²) >= 11 is 0. The molecule has 2 N–H and O–H groups in total. The van der Waals surface area contributed by atoms with Gasteiger partial charge in [0.25, 0.3) is 0 Å². The van der Waals surface area contributed by atoms with Crippen LogP contribution in [0.3, 0.4) is 0 Å². The summed E-state index contributed by atoms with van der Waals surface area (Å²) in [5.41, 5.74) is 0. The van der Waals surface area contributed by atoms with Crippen LogP contribution in [0.25, 0.3) is 0 Å². The van der Waals surface area contributed by atoms with E-state index in [4.69, 9.17) is 9.84 Å². The Hall–Kier alpha value is -2.11. The largest absolute Gasteiger partial charge is 0.480 e. The van der Waals surface area contributed by atoms with Crippen molar-refractivity contribution in [2.45, 2.75) is 264 Å². The highest BCUT2D eigenvalue weighted by Gasteiger charge is 2.14. The molecule has 1 amide bonds. The molecular weight excluding hydrogens is 683 g/mol. The molecule has 0 aromatic heterocycles. The zero-order chi connectivity index (χ0) is 40.1. The van der Waals surface area contributed by atoms with Crippen molar-refractivity contribution in [2.24, 2.45) is 0 Å². The van der Waals surface area contributed by atoms with Crippen LogP contribution >= 0.6 is 0 Å². The third-order valence-electron chi connectivity index (χ3n) is 10.9. The molecule has 0 saturated heterocycles. The van der Waals surface area contributed by atoms with E-state index < -0.39 is 5.97 Å². The molecule has 6 nitrogen and oxygen atoms in total. The number of rotatable bonds is 44. The van der Waals surface area contributed by atoms with Crippen molar-refractivity contribution in [3.63, 3.8) is 0 Å². The van der Waals surface area contributed by atoms with Gasteiger partial charge >= 0.3 is 11.9 Å². The number of aliphatic carboxylic acids is 1. The molecule has 0 rings (SSSR count). The number of ether oxygens (including phenoxy) is 1. The van der Waals surface area contributed by atoms with E-state index in [1.165, 1.54) is 161 Å². The summed E-state index contributed by atoms with van der Waals surface area (Å²) < 4.78 is 6.06. The van der Waals surface area contributed by atoms with Crippen LogP contribution in [0.4, 0.5) is 0 Å². The molecule has 1 atom stereocenters. The third-order valence-corrected chi connectivity index (χ3v) is 10.9. The lowest BCUT2D eigenvalue weighted by molar-refractivity contribution is -0.150. The minimum absolute atomic E-state index is 0.0141. The fraction of sp³-hybridized carbons (Fsp3) is 0.857. The Bertz CT molecular complexity index is 900. The summed E-state index contributed by atoms with van der Waals surface area (Å²) in [5.74, 6) is -1.22. The van der Waals surface area contributed by atoms with E-state index in [1.807, 2.05) is 0 Å². The second-order valence-corrected chi connectivity index (χ2v) is 16.4. The van der Waals surface area contributed by atoms with E-state index in [0.29, 0.717) is 12.8 Å². The number of nitrogens with one attached hydrogen (secondary N) is 1. The Kier molecular flexibility index (Phi) is 42.9. The highest BCUT2D eigenvalue weighted by molar-refractivity contribution is 5.80. The van der Waals surface area contributed by atoms with Gasteiger partial charge in [0.15, 0.2) is 0 Å². The average Bonchev–Trinajstić information content (AvgIpc) is 3.17. The van der Waals surface area contributed by atoms with Crippen molar-refractivity contribution < 1.29 is 24.2 Å². The Balaban J connectivity index is 4.11. The van der Waals surface area contributed by atoms with E-state index in [1.54, 1.807) is 0 Å². The van der Waals surface area contributed by atoms with Crippen LogP contribution in [0, 0.1) is 0 Å². The van der Waals surface area contributed by atoms with Crippen LogP contribution in [0.2, 0.25) is 0 Å². The van der Waals surface area contributed by atoms with Crippen LogP contribution in [-0.4, -0.2) is 35.6 Å². The maximum absolute atomic E-state index is 12.8. The van der Waals surface area contributed by atoms with E-state index >= 15 is 0 Å². The predicted molar refractivity (Wildman–Crippen MR) is 236 cm³/mol. The minimum atomic E-state index is -1.01. The van der Waals surface area contributed by atoms with Gasteiger partial charge in [0.05, 0.1) is 0 Å². The summed E-state index contributed by atoms with van der Waals surface area (Å²) in [6, 6.07) is 0. The molecule has 55 heavy (non-hydrogen) atoms. The van der Waals surface area contributed by atoms with Crippen molar-refractivity contribution in [1.82, 2.24) is 5.32 Å². The van der Waals surface area contributed by atoms with Gasteiger partial charge in [0.1, 0.15) is 12.6 Å². The summed E-state index contributed by atoms with van der Waals surface area (Å²) in [6.45, 7) is 4.22. The lowest BCUT2D eigenvalue weighted by atomic mass is 10.0. The number of amides is 1. The average molecular weight is 774 g/mol. The molecule has 0 aliphatic heterocycles. The van der Waals surface area contributed by atoms with Crippen LogP contribution < -0.4 is 5.32 Å². The summed E-state index contributed by atoms with van der Waals surface area (Å²) in [5, 5.41) is 11.1. The SMILES string of the molecule is CCCCC/C=C\C/C=C\CCCCCCCCCCCC(=O)OC(CCCCCCCCCCCCCCCC)CCCCCCCC(=O)NCC(=O)O. The normalized spacial score (nSPS) is 12.2. The standard InChI is InChI=1S/C49H91NO5/c1-3-5-7-9-11-13-15-17-19-20-21-22-23-25-27-29-31-36-40-44-49(54)55-46(42-38-34-32-35-39-43-47(51)50-45-48(52)53)41-37-33-30-28-26-24-18-16-14-12-10-8-6-4-2/h11,13,17,19,46H,3-10,12,14-16,18,20-45H2,1-2H3,(H,50,51)(H,52,53)/b13-11-,19-17-. The lowest BCUT2D eigenvalue weighted by Gasteiger charge is -2.18. The number of hydrogen-bond acceptors (Lipinski definition) is 4. The smallest absolute Gasteiger partial charge is 0.322 e. The van der Waals surface area contributed by atoms with Gasteiger partial charge in [-0.05, 0) is 70.6 Å². The molecule has 1 unspecified atom stereocenters. The topological polar surface area (TPSA) is 92.7 Å². The Morgan fingerprint density at radius 1 is 0.473 bits per heavy atom. The second kappa shape index (κ2) is 44.6. The maximum Gasteiger partial charge on any atom is 0.322 e. The highest BCUT2D eigenvalue weighted by atomic mass is 16.5. The van der Waals surface area contributed by atoms with Crippen molar-refractivity contribution in [1.29, 1.82) is 0 Å². The first-order chi connectivity index (χ1) is 27.0. The highest BCUT2D eigenvalue weighted by Crippen LogP contribution is 2.19. The molecule has 0 saturated carbocycles. The molecular formula is C49H91NO5. The molecule has 0 aromatic carbocycles. The molecule has 0 heterocycles. The zero-order valence-electron chi connectivity index (χ0n) is 36.5. The molecule has 0 aliphatic carbocycles. The first-order valence-electron chi connectivity index (χ1n) is 24.0. The molecule has 322 valence electrons. The Morgan fingerprint density at radius 2 is 0.836 bits per heavy atom. The Morgan fingerprint density at radius 3 is 1.29 bits per heavy atom. The van der Waals surface area contributed by atoms with Crippen LogP contribution in [0.1, 0.15) is 258 Å². The van der Waals surface area contributed by atoms with Gasteiger partial charge in [-0.25, -0.2) is 0 Å². The number of carbonyl (C=O) groups excluding carboxylic acids is 2. The molecule has 0 bridgehead atoms. The third kappa shape index (κ3) is 44.5. The van der Waals surface area contributed by atoms with Crippen LogP contribution in [0.5, 0.6) is 0 Å². The van der Waals surface area contributed by atoms with Gasteiger partial charge in [0, 0.05) is 12.8 Å². The fourth-order valence-electron chi connectivity index (χ4n) is 7.31. The molecule has 0 radical (unpaired) electrons. The zero-order valence-corrected chi connectivity index (χ0v) is 36.5. The first kappa shape index (κ1) is 52.9. The molecule has 0 fully saturated rings. The fourth-order valence-corrected chi connectivity index (χ4v) is 7.31. The number of carboxylic acid groups (broad SMARTS) is 1. The van der Waals surface area contributed by atoms with E-state index in [-0.39, 0.29) is 24.5 Å². The van der Waals surface area contributed by atoms with Crippen molar-refractivity contribution in [3.05, 3.63) is 24.3 Å². The van der Waals surface area contributed by atoms with Crippen LogP contribution in [-0.2, 0) is 19.1 Å². The van der Waals surface area contributed by atoms with Gasteiger partial charge in [-0.1, -0.05) is 199 Å². The monoisotopic (exact) mass is 774 g/mol. The van der Waals surface area contributed by atoms with E-state index in [0.717, 1.165) is 70.6 Å². The van der Waals surface area contributed by atoms with Crippen molar-refractivity contribution in [3.8, 4) is 0 Å². The predicted octanol–water partition coefficient (Wildman–Crippen LogP) is 15.1. The van der Waals surface area contributed by atoms with E-state index in [9.17, 15) is 14.4 Å². The summed E-state index contributed by atoms with van der Waals surface area (Å²) in [6.07, 6.45) is 54.5. The van der Waals surface area contributed by atoms with Gasteiger partial charge in [-0.3, -0.25) is 14.4 Å². The number of unbranched alkanes of at least 4 members (excludes halogenated alkanes) is 29. The van der Waals surface area contributed by atoms with Crippen LogP contribution in [0.15, 0.2) is 24.3 Å². The minimum Gasteiger partial charge on any atom is -0.480 e. The van der Waals surface area contributed by atoms with Gasteiger partial charge in [-0.2, -0.15) is 0 Å². The van der Waals surface area contributed by atoms with Crippen molar-refractivity contribution >= 4 is 17.8 Å². The maximum atomic E-state index is 12.8. The second-order valence-electron chi connectivity index (χ2n) is 16.4. The lowest BCUT2D eigenvalue weighted by Crippen LogP contribution is -2.28. The van der Waals surface area contributed by atoms with E-state index in [2.05, 4.69) is 43.5 Å². The number of carboxylic acids is 1. The number of hydrogen-bond donors (Lipinski definition) is 2. The number of allylic oxidation sites excluding steroid dienone is 4. The number of esters is 1. The Labute approximate surface area is 341 Å². The van der Waals surface area contributed by atoms with Gasteiger partial charge in [-0.15, -0.1) is 0 Å². The molecule has 0 aliphatic rings. The molecule has 6 heteroatoms. The van der Waals surface area contributed by atoms with Gasteiger partial charge in [0.2, 0.25) is 5.91 Å². The van der Waals surface area contributed by atoms with Gasteiger partial charge < -0.3 is 15.2 Å². The first-order valence-corrected chi connectivity index (χ1v) is 24.0. The quantitative estimate of drug-likeness (QED) is 0.0365. The summed E-state index contributed by atoms with van der Waals surface area (Å²) in [4.78, 5) is 35.1. The molecule has 0 aromatic rings. The number of carbonyl (C=O) groups is 3. The molecule has 0 spiro atoms.